The van der Waals surface area contributed by atoms with Gasteiger partial charge in [0, 0.05) is 17.1 Å². The predicted molar refractivity (Wildman–Crippen MR) is 99.1 cm³/mol. The highest BCUT2D eigenvalue weighted by atomic mass is 32.2. The molecule has 0 fully saturated rings. The molecule has 0 bridgehead atoms. The van der Waals surface area contributed by atoms with Crippen molar-refractivity contribution in [2.24, 2.45) is 11.8 Å². The zero-order chi connectivity index (χ0) is 16.6. The van der Waals surface area contributed by atoms with Crippen LogP contribution in [0.1, 0.15) is 44.6 Å². The van der Waals surface area contributed by atoms with Crippen LogP contribution in [0.25, 0.3) is 10.2 Å². The lowest BCUT2D eigenvalue weighted by molar-refractivity contribution is 0.00203. The summed E-state index contributed by atoms with van der Waals surface area (Å²) in [7, 11) is 0. The molecule has 126 valence electrons. The van der Waals surface area contributed by atoms with E-state index in [0.717, 1.165) is 34.0 Å². The quantitative estimate of drug-likeness (QED) is 0.634. The minimum absolute atomic E-state index is 0.264. The van der Waals surface area contributed by atoms with Crippen molar-refractivity contribution in [3.05, 3.63) is 10.4 Å². The van der Waals surface area contributed by atoms with Crippen LogP contribution >= 0.6 is 23.1 Å². The molecule has 0 radical (unpaired) electrons. The number of fused-ring (bicyclic) bond motifs is 3. The van der Waals surface area contributed by atoms with E-state index in [-0.39, 0.29) is 6.10 Å². The molecule has 4 nitrogen and oxygen atoms in total. The van der Waals surface area contributed by atoms with E-state index in [4.69, 9.17) is 15.5 Å². The number of nitrogens with two attached hydrogens (primary N) is 1. The summed E-state index contributed by atoms with van der Waals surface area (Å²) in [5.41, 5.74) is 7.59. The predicted octanol–water partition coefficient (Wildman–Crippen LogP) is 4.51. The van der Waals surface area contributed by atoms with Gasteiger partial charge in [-0.3, -0.25) is 0 Å². The Balaban J connectivity index is 1.88. The SMILES string of the molecule is CC(C)CCSc1nc(N)c2c3c(sc2n1)CO[C@@H](C(C)C)C3. The van der Waals surface area contributed by atoms with E-state index in [9.17, 15) is 0 Å². The van der Waals surface area contributed by atoms with E-state index in [1.54, 1.807) is 23.1 Å². The molecular formula is C17H25N3OS2. The molecule has 0 aromatic carbocycles. The molecule has 2 N–H and O–H groups in total. The maximum atomic E-state index is 6.28. The van der Waals surface area contributed by atoms with Crippen molar-refractivity contribution < 1.29 is 4.74 Å². The van der Waals surface area contributed by atoms with Crippen LogP contribution in [0, 0.1) is 11.8 Å². The highest BCUT2D eigenvalue weighted by Gasteiger charge is 2.27. The zero-order valence-electron chi connectivity index (χ0n) is 14.3. The summed E-state index contributed by atoms with van der Waals surface area (Å²) in [4.78, 5) is 11.6. The molecule has 0 saturated carbocycles. The van der Waals surface area contributed by atoms with Gasteiger partial charge in [-0.1, -0.05) is 39.5 Å². The number of nitrogen functional groups attached to an aromatic ring is 1. The van der Waals surface area contributed by atoms with Crippen molar-refractivity contribution in [1.82, 2.24) is 9.97 Å². The Morgan fingerprint density at radius 2 is 2.09 bits per heavy atom. The zero-order valence-corrected chi connectivity index (χ0v) is 15.9. The molecule has 3 rings (SSSR count). The lowest BCUT2D eigenvalue weighted by atomic mass is 9.96. The van der Waals surface area contributed by atoms with Crippen molar-refractivity contribution in [2.75, 3.05) is 11.5 Å². The van der Waals surface area contributed by atoms with Gasteiger partial charge in [0.05, 0.1) is 18.1 Å². The molecule has 0 aliphatic carbocycles. The molecule has 0 unspecified atom stereocenters. The summed E-state index contributed by atoms with van der Waals surface area (Å²) in [6.45, 7) is 9.55. The third-order valence-electron chi connectivity index (χ3n) is 4.25. The molecule has 1 aliphatic rings. The van der Waals surface area contributed by atoms with Gasteiger partial charge in [0.25, 0.3) is 0 Å². The fraction of sp³-hybridized carbons (Fsp3) is 0.647. The van der Waals surface area contributed by atoms with Gasteiger partial charge in [0.2, 0.25) is 0 Å². The Morgan fingerprint density at radius 1 is 1.30 bits per heavy atom. The number of hydrogen-bond acceptors (Lipinski definition) is 6. The first-order valence-electron chi connectivity index (χ1n) is 8.27. The summed E-state index contributed by atoms with van der Waals surface area (Å²) >= 11 is 3.41. The van der Waals surface area contributed by atoms with Gasteiger partial charge in [-0.25, -0.2) is 9.97 Å². The highest BCUT2D eigenvalue weighted by molar-refractivity contribution is 7.99. The lowest BCUT2D eigenvalue weighted by Gasteiger charge is -2.26. The van der Waals surface area contributed by atoms with Gasteiger partial charge < -0.3 is 10.5 Å². The van der Waals surface area contributed by atoms with Gasteiger partial charge in [-0.2, -0.15) is 0 Å². The number of hydrogen-bond donors (Lipinski definition) is 1. The summed E-state index contributed by atoms with van der Waals surface area (Å²) < 4.78 is 5.97. The fourth-order valence-electron chi connectivity index (χ4n) is 2.77. The molecule has 0 saturated heterocycles. The average Bonchev–Trinajstić information content (AvgIpc) is 2.84. The molecule has 2 aromatic heterocycles. The summed E-state index contributed by atoms with van der Waals surface area (Å²) in [6, 6.07) is 0. The Morgan fingerprint density at radius 3 is 2.78 bits per heavy atom. The molecule has 1 aliphatic heterocycles. The maximum absolute atomic E-state index is 6.28. The van der Waals surface area contributed by atoms with Gasteiger partial charge >= 0.3 is 0 Å². The third-order valence-corrected chi connectivity index (χ3v) is 6.23. The van der Waals surface area contributed by atoms with Crippen LogP contribution in [0.3, 0.4) is 0 Å². The molecule has 3 heterocycles. The topological polar surface area (TPSA) is 61.0 Å². The largest absolute Gasteiger partial charge is 0.383 e. The van der Waals surface area contributed by atoms with Gasteiger partial charge in [0.15, 0.2) is 5.16 Å². The highest BCUT2D eigenvalue weighted by Crippen LogP contribution is 2.39. The van der Waals surface area contributed by atoms with E-state index >= 15 is 0 Å². The van der Waals surface area contributed by atoms with Crippen molar-refractivity contribution in [2.45, 2.75) is 58.4 Å². The van der Waals surface area contributed by atoms with Gasteiger partial charge in [-0.05, 0) is 23.8 Å². The van der Waals surface area contributed by atoms with Crippen LogP contribution in [0.2, 0.25) is 0 Å². The number of thiophene rings is 1. The minimum atomic E-state index is 0.264. The fourth-order valence-corrected chi connectivity index (χ4v) is 5.04. The summed E-state index contributed by atoms with van der Waals surface area (Å²) in [6.07, 6.45) is 2.34. The minimum Gasteiger partial charge on any atom is -0.383 e. The number of aromatic nitrogens is 2. The molecule has 0 amide bonds. The van der Waals surface area contributed by atoms with Crippen molar-refractivity contribution in [3.8, 4) is 0 Å². The standard InChI is InChI=1S/C17H25N3OS2/c1-9(2)5-6-22-17-19-15(18)14-11-7-12(10(3)4)21-8-13(11)23-16(14)20-17/h9-10,12H,5-8H2,1-4H3,(H2,18,19,20)/t12-/m1/s1. The molecule has 6 heteroatoms. The first kappa shape index (κ1) is 17.0. The second-order valence-corrected chi connectivity index (χ2v) is 9.05. The van der Waals surface area contributed by atoms with Crippen LogP contribution in [0.5, 0.6) is 0 Å². The molecule has 23 heavy (non-hydrogen) atoms. The number of ether oxygens (including phenoxy) is 1. The Bertz CT molecular complexity index is 697. The monoisotopic (exact) mass is 351 g/mol. The van der Waals surface area contributed by atoms with Crippen LogP contribution in [-0.4, -0.2) is 21.8 Å². The molecule has 2 aromatic rings. The van der Waals surface area contributed by atoms with Crippen LogP contribution in [-0.2, 0) is 17.8 Å². The summed E-state index contributed by atoms with van der Waals surface area (Å²) in [5.74, 6) is 2.87. The van der Waals surface area contributed by atoms with Crippen LogP contribution in [0.4, 0.5) is 5.82 Å². The summed E-state index contributed by atoms with van der Waals surface area (Å²) in [5, 5.41) is 1.86. The number of nitrogens with zero attached hydrogens (tertiary/aromatic N) is 2. The first-order chi connectivity index (χ1) is 11.0. The van der Waals surface area contributed by atoms with Gasteiger partial charge in [0.1, 0.15) is 10.6 Å². The first-order valence-corrected chi connectivity index (χ1v) is 10.1. The van der Waals surface area contributed by atoms with E-state index in [1.165, 1.54) is 10.4 Å². The molecular weight excluding hydrogens is 326 g/mol. The van der Waals surface area contributed by atoms with Crippen LogP contribution in [0.15, 0.2) is 5.16 Å². The number of thioether (sulfide) groups is 1. The Labute approximate surface area is 146 Å². The Hall–Kier alpha value is -0.850. The maximum Gasteiger partial charge on any atom is 0.190 e. The molecule has 0 spiro atoms. The normalized spacial score (nSPS) is 18.1. The van der Waals surface area contributed by atoms with Gasteiger partial charge in [-0.15, -0.1) is 11.3 Å². The Kier molecular flexibility index (Phi) is 5.13. The van der Waals surface area contributed by atoms with Crippen molar-refractivity contribution in [1.29, 1.82) is 0 Å². The number of anilines is 1. The third kappa shape index (κ3) is 3.64. The van der Waals surface area contributed by atoms with Crippen molar-refractivity contribution >= 4 is 39.1 Å². The molecule has 1 atom stereocenters. The smallest absolute Gasteiger partial charge is 0.190 e. The second kappa shape index (κ2) is 6.95. The van der Waals surface area contributed by atoms with E-state index < -0.39 is 0 Å². The number of rotatable bonds is 5. The van der Waals surface area contributed by atoms with E-state index in [0.29, 0.717) is 24.3 Å². The lowest BCUT2D eigenvalue weighted by Crippen LogP contribution is -2.26. The van der Waals surface area contributed by atoms with E-state index in [2.05, 4.69) is 32.7 Å². The second-order valence-electron chi connectivity index (χ2n) is 6.90. The van der Waals surface area contributed by atoms with Crippen LogP contribution < -0.4 is 5.73 Å². The van der Waals surface area contributed by atoms with Crippen molar-refractivity contribution in [3.63, 3.8) is 0 Å². The average molecular weight is 352 g/mol. The van der Waals surface area contributed by atoms with E-state index in [1.807, 2.05) is 0 Å².